The number of benzene rings is 3. The molecule has 1 aliphatic rings. The molecule has 3 amide bonds. The Morgan fingerprint density at radius 3 is 2.12 bits per heavy atom. The predicted molar refractivity (Wildman–Crippen MR) is 129 cm³/mol. The number of rotatable bonds is 5. The topological polar surface area (TPSA) is 70.6 Å². The molecule has 1 aliphatic heterocycles. The number of carbonyl (C=O) groups is 3. The summed E-state index contributed by atoms with van der Waals surface area (Å²) < 4.78 is 1.02. The summed E-state index contributed by atoms with van der Waals surface area (Å²) in [6, 6.07) is 20.3. The van der Waals surface area contributed by atoms with Crippen LogP contribution in [0.15, 0.2) is 66.7 Å². The first-order valence-corrected chi connectivity index (χ1v) is 11.4. The first-order chi connectivity index (χ1) is 15.9. The highest BCUT2D eigenvalue weighted by molar-refractivity contribution is 7.22. The molecule has 1 aromatic heterocycles. The summed E-state index contributed by atoms with van der Waals surface area (Å²) in [6.45, 7) is 3.97. The van der Waals surface area contributed by atoms with E-state index in [0.717, 1.165) is 31.8 Å². The highest BCUT2D eigenvalue weighted by Crippen LogP contribution is 2.34. The van der Waals surface area contributed by atoms with Crippen molar-refractivity contribution in [1.82, 2.24) is 9.88 Å². The van der Waals surface area contributed by atoms with Crippen LogP contribution in [0.2, 0.25) is 0 Å². The van der Waals surface area contributed by atoms with Gasteiger partial charge in [-0.05, 0) is 42.7 Å². The maximum absolute atomic E-state index is 13.5. The van der Waals surface area contributed by atoms with Gasteiger partial charge in [0, 0.05) is 0 Å². The maximum Gasteiger partial charge on any atom is 0.262 e. The quantitative estimate of drug-likeness (QED) is 0.408. The minimum absolute atomic E-state index is 0.292. The van der Waals surface area contributed by atoms with E-state index in [1.807, 2.05) is 56.3 Å². The van der Waals surface area contributed by atoms with Crippen LogP contribution in [0.3, 0.4) is 0 Å². The average molecular weight is 456 g/mol. The van der Waals surface area contributed by atoms with Gasteiger partial charge >= 0.3 is 0 Å². The fourth-order valence-corrected chi connectivity index (χ4v) is 5.12. The summed E-state index contributed by atoms with van der Waals surface area (Å²) in [5.41, 5.74) is 4.58. The zero-order valence-electron chi connectivity index (χ0n) is 18.2. The normalized spacial score (nSPS) is 13.0. The van der Waals surface area contributed by atoms with Gasteiger partial charge in [0.05, 0.1) is 27.9 Å². The molecule has 0 fully saturated rings. The first-order valence-electron chi connectivity index (χ1n) is 10.6. The van der Waals surface area contributed by atoms with Crippen molar-refractivity contribution in [1.29, 1.82) is 0 Å². The van der Waals surface area contributed by atoms with Crippen molar-refractivity contribution in [3.05, 3.63) is 94.5 Å². The Hall–Kier alpha value is -3.84. The number of hydrogen-bond acceptors (Lipinski definition) is 5. The monoisotopic (exact) mass is 455 g/mol. The fraction of sp³-hybridized carbons (Fsp3) is 0.154. The first kappa shape index (κ1) is 21.0. The Balaban J connectivity index is 1.51. The molecule has 0 spiro atoms. The molecule has 33 heavy (non-hydrogen) atoms. The Morgan fingerprint density at radius 1 is 0.879 bits per heavy atom. The lowest BCUT2D eigenvalue weighted by Gasteiger charge is -2.22. The molecular formula is C26H21N3O3S. The molecule has 7 heteroatoms. The SMILES string of the molecule is Cc1ccc(C)c2sc(N(Cc3ccccc3)C(=O)CN3C(=O)c4ccccc4C3=O)nc12. The molecule has 6 nitrogen and oxygen atoms in total. The van der Waals surface area contributed by atoms with Gasteiger partial charge in [-0.1, -0.05) is 65.9 Å². The molecule has 3 aromatic carbocycles. The van der Waals surface area contributed by atoms with E-state index in [-0.39, 0.29) is 12.5 Å². The number of carbonyl (C=O) groups excluding carboxylic acids is 3. The molecule has 2 heterocycles. The van der Waals surface area contributed by atoms with Crippen LogP contribution in [0.1, 0.15) is 37.4 Å². The van der Waals surface area contributed by atoms with Crippen molar-refractivity contribution >= 4 is 44.4 Å². The van der Waals surface area contributed by atoms with E-state index in [0.29, 0.717) is 22.8 Å². The van der Waals surface area contributed by atoms with Crippen molar-refractivity contribution in [3.8, 4) is 0 Å². The van der Waals surface area contributed by atoms with Crippen LogP contribution in [-0.4, -0.2) is 34.2 Å². The number of hydrogen-bond donors (Lipinski definition) is 0. The van der Waals surface area contributed by atoms with E-state index in [1.165, 1.54) is 11.3 Å². The molecule has 0 saturated carbocycles. The second-order valence-electron chi connectivity index (χ2n) is 8.08. The van der Waals surface area contributed by atoms with Gasteiger partial charge in [-0.3, -0.25) is 24.2 Å². The molecule has 0 atom stereocenters. The van der Waals surface area contributed by atoms with Crippen molar-refractivity contribution in [2.45, 2.75) is 20.4 Å². The molecule has 164 valence electrons. The standard InChI is InChI=1S/C26H21N3O3S/c1-16-12-13-17(2)23-22(16)27-26(33-23)28(14-18-8-4-3-5-9-18)21(30)15-29-24(31)19-10-6-7-11-20(19)25(29)32/h3-13H,14-15H2,1-2H3. The van der Waals surface area contributed by atoms with Crippen molar-refractivity contribution < 1.29 is 14.4 Å². The average Bonchev–Trinajstić information content (AvgIpc) is 3.38. The second kappa shape index (κ2) is 8.26. The summed E-state index contributed by atoms with van der Waals surface area (Å²) in [6.07, 6.45) is 0. The number of amides is 3. The zero-order chi connectivity index (χ0) is 23.1. The van der Waals surface area contributed by atoms with E-state index >= 15 is 0 Å². The largest absolute Gasteiger partial charge is 0.282 e. The van der Waals surface area contributed by atoms with Gasteiger partial charge in [-0.15, -0.1) is 0 Å². The molecule has 5 rings (SSSR count). The summed E-state index contributed by atoms with van der Waals surface area (Å²) in [4.78, 5) is 46.5. The molecule has 0 aliphatic carbocycles. The van der Waals surface area contributed by atoms with Gasteiger partial charge < -0.3 is 0 Å². The van der Waals surface area contributed by atoms with E-state index in [4.69, 9.17) is 4.98 Å². The Morgan fingerprint density at radius 2 is 1.48 bits per heavy atom. The molecule has 0 bridgehead atoms. The van der Waals surface area contributed by atoms with Crippen LogP contribution in [0.25, 0.3) is 10.2 Å². The minimum Gasteiger partial charge on any atom is -0.282 e. The molecule has 0 unspecified atom stereocenters. The van der Waals surface area contributed by atoms with E-state index in [1.54, 1.807) is 29.2 Å². The van der Waals surface area contributed by atoms with E-state index in [9.17, 15) is 14.4 Å². The second-order valence-corrected chi connectivity index (χ2v) is 9.06. The van der Waals surface area contributed by atoms with Crippen molar-refractivity contribution in [3.63, 3.8) is 0 Å². The van der Waals surface area contributed by atoms with Gasteiger partial charge in [0.25, 0.3) is 11.8 Å². The molecule has 0 saturated heterocycles. The van der Waals surface area contributed by atoms with Crippen LogP contribution in [0.5, 0.6) is 0 Å². The minimum atomic E-state index is -0.445. The number of aromatic nitrogens is 1. The zero-order valence-corrected chi connectivity index (χ0v) is 19.1. The van der Waals surface area contributed by atoms with Gasteiger partial charge in [0.1, 0.15) is 6.54 Å². The summed E-state index contributed by atoms with van der Waals surface area (Å²) in [5, 5.41) is 0.549. The lowest BCUT2D eigenvalue weighted by Crippen LogP contribution is -2.42. The van der Waals surface area contributed by atoms with Crippen LogP contribution < -0.4 is 4.90 Å². The third-order valence-electron chi connectivity index (χ3n) is 5.82. The Bertz CT molecular complexity index is 1340. The number of aryl methyl sites for hydroxylation is 2. The van der Waals surface area contributed by atoms with Gasteiger partial charge in [0.2, 0.25) is 5.91 Å². The van der Waals surface area contributed by atoms with Crippen LogP contribution >= 0.6 is 11.3 Å². The molecule has 4 aromatic rings. The number of thiazole rings is 1. The lowest BCUT2D eigenvalue weighted by atomic mass is 10.1. The molecular weight excluding hydrogens is 434 g/mol. The number of nitrogens with zero attached hydrogens (tertiary/aromatic N) is 3. The molecule has 0 N–H and O–H groups in total. The van der Waals surface area contributed by atoms with Gasteiger partial charge in [-0.2, -0.15) is 0 Å². The Labute approximate surface area is 195 Å². The highest BCUT2D eigenvalue weighted by atomic mass is 32.1. The van der Waals surface area contributed by atoms with Gasteiger partial charge in [0.15, 0.2) is 5.13 Å². The van der Waals surface area contributed by atoms with Crippen LogP contribution in [0.4, 0.5) is 5.13 Å². The third-order valence-corrected chi connectivity index (χ3v) is 7.03. The van der Waals surface area contributed by atoms with Crippen molar-refractivity contribution in [2.24, 2.45) is 0 Å². The fourth-order valence-electron chi connectivity index (χ4n) is 4.00. The number of fused-ring (bicyclic) bond motifs is 2. The summed E-state index contributed by atoms with van der Waals surface area (Å²) in [5.74, 6) is -1.25. The number of imide groups is 1. The van der Waals surface area contributed by atoms with Gasteiger partial charge in [-0.25, -0.2) is 4.98 Å². The summed E-state index contributed by atoms with van der Waals surface area (Å²) in [7, 11) is 0. The lowest BCUT2D eigenvalue weighted by molar-refractivity contribution is -0.119. The number of anilines is 1. The third kappa shape index (κ3) is 3.70. The molecule has 0 radical (unpaired) electrons. The highest BCUT2D eigenvalue weighted by Gasteiger charge is 2.37. The van der Waals surface area contributed by atoms with Crippen molar-refractivity contribution in [2.75, 3.05) is 11.4 Å². The maximum atomic E-state index is 13.5. The van der Waals surface area contributed by atoms with Crippen LogP contribution in [0, 0.1) is 13.8 Å². The Kier molecular flexibility index (Phi) is 5.26. The smallest absolute Gasteiger partial charge is 0.262 e. The summed E-state index contributed by atoms with van der Waals surface area (Å²) >= 11 is 1.45. The van der Waals surface area contributed by atoms with E-state index in [2.05, 4.69) is 0 Å². The predicted octanol–water partition coefficient (Wildman–Crippen LogP) is 4.74. The van der Waals surface area contributed by atoms with Crippen LogP contribution in [-0.2, 0) is 11.3 Å². The van der Waals surface area contributed by atoms with E-state index < -0.39 is 11.8 Å².